The summed E-state index contributed by atoms with van der Waals surface area (Å²) in [6.45, 7) is 9.52. The van der Waals surface area contributed by atoms with Crippen molar-refractivity contribution in [2.75, 3.05) is 49.8 Å². The molecule has 12 nitrogen and oxygen atoms in total. The Labute approximate surface area is 332 Å². The summed E-state index contributed by atoms with van der Waals surface area (Å²) in [7, 11) is 1.51. The Kier molecular flexibility index (Phi) is 12.9. The van der Waals surface area contributed by atoms with Gasteiger partial charge in [-0.25, -0.2) is 0 Å². The molecule has 296 valence electrons. The number of ether oxygens (including phenoxy) is 3. The lowest BCUT2D eigenvalue weighted by Gasteiger charge is -2.40. The van der Waals surface area contributed by atoms with Crippen LogP contribution in [0.4, 0.5) is 11.4 Å². The number of benzene rings is 2. The van der Waals surface area contributed by atoms with E-state index in [2.05, 4.69) is 40.0 Å². The second-order valence-corrected chi connectivity index (χ2v) is 15.7. The molecule has 55 heavy (non-hydrogen) atoms. The number of hydrogen-bond donors (Lipinski definition) is 2. The van der Waals surface area contributed by atoms with Crippen molar-refractivity contribution in [2.45, 2.75) is 82.9 Å². The zero-order valence-electron chi connectivity index (χ0n) is 32.2. The van der Waals surface area contributed by atoms with E-state index in [4.69, 9.17) is 14.2 Å². The summed E-state index contributed by atoms with van der Waals surface area (Å²) in [5, 5.41) is 13.9. The van der Waals surface area contributed by atoms with Gasteiger partial charge < -0.3 is 39.3 Å². The Morgan fingerprint density at radius 3 is 2.35 bits per heavy atom. The molecule has 3 amide bonds. The molecule has 2 aromatic rings. The standard InChI is InChI=1S/C42H53BrN4O8/c1-6-26(4)32(24-48)47-38-40(51)46(29-20-18-28(19-21-29)45(7-2)8-3)22-14-10-13-17-33(49)44-31(25-53-5)36(27-15-11-9-12-16-27)54-41(52)34-35(39(47)50)42(38)23-30(43)37(34)55-42/h9-12,14-16,18-21,23,26,31-32,34-38,48H,6-8,13,17,22,24-25H2,1-5H3,(H,44,49)/b14-10-/t26-,31-,32-,34+,35-,36-,37+,38+,42-/m0/s1. The number of hydrogen-bond acceptors (Lipinski definition) is 9. The Morgan fingerprint density at radius 1 is 1.00 bits per heavy atom. The van der Waals surface area contributed by atoms with E-state index < -0.39 is 65.6 Å². The first-order valence-corrected chi connectivity index (χ1v) is 20.2. The highest BCUT2D eigenvalue weighted by Crippen LogP contribution is 2.59. The maximum absolute atomic E-state index is 15.4. The summed E-state index contributed by atoms with van der Waals surface area (Å²) in [4.78, 5) is 63.9. The first-order valence-electron chi connectivity index (χ1n) is 19.4. The van der Waals surface area contributed by atoms with Gasteiger partial charge in [0.05, 0.1) is 31.2 Å². The number of nitrogens with one attached hydrogen (secondary N) is 1. The van der Waals surface area contributed by atoms with Crippen LogP contribution in [-0.4, -0.2) is 103 Å². The Balaban J connectivity index is 1.50. The third kappa shape index (κ3) is 7.60. The van der Waals surface area contributed by atoms with Crippen LogP contribution in [0.5, 0.6) is 0 Å². The number of allylic oxidation sites excluding steroid dienone is 1. The maximum Gasteiger partial charge on any atom is 0.313 e. The number of anilines is 2. The predicted molar refractivity (Wildman–Crippen MR) is 212 cm³/mol. The van der Waals surface area contributed by atoms with E-state index in [1.807, 2.05) is 80.6 Å². The molecule has 0 radical (unpaired) electrons. The number of aliphatic hydroxyl groups excluding tert-OH is 1. The molecule has 2 aromatic carbocycles. The van der Waals surface area contributed by atoms with E-state index >= 15 is 9.59 Å². The van der Waals surface area contributed by atoms with Gasteiger partial charge in [0.25, 0.3) is 5.91 Å². The molecule has 2 saturated heterocycles. The summed E-state index contributed by atoms with van der Waals surface area (Å²) in [6.07, 6.45) is 4.78. The largest absolute Gasteiger partial charge is 0.455 e. The third-order valence-electron chi connectivity index (χ3n) is 11.7. The van der Waals surface area contributed by atoms with E-state index in [0.717, 1.165) is 18.8 Å². The van der Waals surface area contributed by atoms with Crippen LogP contribution in [0.1, 0.15) is 58.6 Å². The highest BCUT2D eigenvalue weighted by Gasteiger charge is 2.75. The number of carbonyl (C=O) groups excluding carboxylic acids is 4. The molecule has 5 bridgehead atoms. The minimum Gasteiger partial charge on any atom is -0.455 e. The first-order chi connectivity index (χ1) is 26.5. The second-order valence-electron chi connectivity index (χ2n) is 14.8. The fraction of sp³-hybridized carbons (Fsp3) is 0.524. The van der Waals surface area contributed by atoms with Gasteiger partial charge in [-0.15, -0.1) is 0 Å². The predicted octanol–water partition coefficient (Wildman–Crippen LogP) is 4.91. The van der Waals surface area contributed by atoms with Crippen molar-refractivity contribution >= 4 is 51.0 Å². The molecule has 4 aliphatic heterocycles. The van der Waals surface area contributed by atoms with Crippen LogP contribution in [0.2, 0.25) is 0 Å². The van der Waals surface area contributed by atoms with E-state index in [1.165, 1.54) is 12.0 Å². The molecule has 2 N–H and O–H groups in total. The van der Waals surface area contributed by atoms with Crippen LogP contribution in [-0.2, 0) is 33.4 Å². The van der Waals surface area contributed by atoms with Gasteiger partial charge in [-0.1, -0.05) is 78.7 Å². The maximum atomic E-state index is 15.4. The smallest absolute Gasteiger partial charge is 0.313 e. The fourth-order valence-corrected chi connectivity index (χ4v) is 9.42. The number of esters is 1. The van der Waals surface area contributed by atoms with Crippen molar-refractivity contribution < 1.29 is 38.5 Å². The summed E-state index contributed by atoms with van der Waals surface area (Å²) in [5.41, 5.74) is 0.712. The Morgan fingerprint density at radius 2 is 1.71 bits per heavy atom. The number of amides is 3. The van der Waals surface area contributed by atoms with Gasteiger partial charge >= 0.3 is 5.97 Å². The van der Waals surface area contributed by atoms with E-state index in [0.29, 0.717) is 28.6 Å². The molecular formula is C42H53BrN4O8. The molecule has 1 spiro atoms. The van der Waals surface area contributed by atoms with Crippen molar-refractivity contribution in [3.63, 3.8) is 0 Å². The van der Waals surface area contributed by atoms with Gasteiger partial charge in [0.2, 0.25) is 11.8 Å². The number of rotatable bonds is 11. The number of aliphatic hydroxyl groups is 1. The normalized spacial score (nSPS) is 30.1. The molecule has 0 saturated carbocycles. The lowest BCUT2D eigenvalue weighted by atomic mass is 9.74. The summed E-state index contributed by atoms with van der Waals surface area (Å²) in [6, 6.07) is 14.1. The highest BCUT2D eigenvalue weighted by molar-refractivity contribution is 9.11. The van der Waals surface area contributed by atoms with Crippen LogP contribution in [0.25, 0.3) is 0 Å². The Hall–Kier alpha value is -4.04. The van der Waals surface area contributed by atoms with Gasteiger partial charge in [0.15, 0.2) is 0 Å². The number of nitrogens with zero attached hydrogens (tertiary/aromatic N) is 3. The summed E-state index contributed by atoms with van der Waals surface area (Å²) >= 11 is 3.64. The SMILES string of the molecule is CC[C@H](C)[C@H](CO)N1C(=O)[C@@H]2[C@H]3C(=O)O[C@@H](c4ccccc4)[C@H](COC)NC(=O)CC/C=C\CN(c4ccc(N(CC)CC)cc4)C(=O)[C@@H]1[C@]21C=C(Br)[C@H]3O1. The van der Waals surface area contributed by atoms with Gasteiger partial charge in [0.1, 0.15) is 29.8 Å². The van der Waals surface area contributed by atoms with E-state index in [1.54, 1.807) is 11.0 Å². The van der Waals surface area contributed by atoms with Gasteiger partial charge in [-0.05, 0) is 62.1 Å². The van der Waals surface area contributed by atoms with E-state index in [9.17, 15) is 14.7 Å². The number of likely N-dealkylation sites (tertiary alicyclic amines) is 1. The molecule has 0 aliphatic carbocycles. The van der Waals surface area contributed by atoms with Gasteiger partial charge in [-0.3, -0.25) is 19.2 Å². The molecule has 9 atom stereocenters. The lowest BCUT2D eigenvalue weighted by molar-refractivity contribution is -0.163. The average Bonchev–Trinajstić information content (AvgIpc) is 3.79. The van der Waals surface area contributed by atoms with Gasteiger partial charge in [0, 0.05) is 49.0 Å². The lowest BCUT2D eigenvalue weighted by Crippen LogP contribution is -2.59. The van der Waals surface area contributed by atoms with E-state index in [-0.39, 0.29) is 38.0 Å². The second kappa shape index (κ2) is 17.4. The van der Waals surface area contributed by atoms with Gasteiger partial charge in [-0.2, -0.15) is 0 Å². The van der Waals surface area contributed by atoms with Crippen LogP contribution in [0, 0.1) is 17.8 Å². The topological polar surface area (TPSA) is 138 Å². The van der Waals surface area contributed by atoms with Crippen molar-refractivity contribution in [3.8, 4) is 0 Å². The van der Waals surface area contributed by atoms with Crippen molar-refractivity contribution in [2.24, 2.45) is 17.8 Å². The first kappa shape index (κ1) is 40.6. The molecule has 4 heterocycles. The highest BCUT2D eigenvalue weighted by atomic mass is 79.9. The van der Waals surface area contributed by atoms with Crippen LogP contribution < -0.4 is 15.1 Å². The molecule has 0 unspecified atom stereocenters. The number of cyclic esters (lactones) is 1. The Bertz CT molecular complexity index is 1770. The molecule has 6 rings (SSSR count). The zero-order valence-corrected chi connectivity index (χ0v) is 33.8. The van der Waals surface area contributed by atoms with Crippen LogP contribution in [0.15, 0.2) is 77.3 Å². The van der Waals surface area contributed by atoms with Crippen molar-refractivity contribution in [1.82, 2.24) is 10.2 Å². The zero-order chi connectivity index (χ0) is 39.4. The molecule has 0 aromatic heterocycles. The van der Waals surface area contributed by atoms with Crippen molar-refractivity contribution in [3.05, 3.63) is 82.9 Å². The van der Waals surface area contributed by atoms with Crippen LogP contribution in [0.3, 0.4) is 0 Å². The quantitative estimate of drug-likeness (QED) is 0.239. The summed E-state index contributed by atoms with van der Waals surface area (Å²) in [5.74, 6) is -4.26. The van der Waals surface area contributed by atoms with Crippen molar-refractivity contribution in [1.29, 1.82) is 0 Å². The number of carbonyl (C=O) groups is 4. The fourth-order valence-electron chi connectivity index (χ4n) is 8.68. The number of fused-ring (bicyclic) bond motifs is 2. The molecule has 2 fully saturated rings. The monoisotopic (exact) mass is 820 g/mol. The minimum absolute atomic E-state index is 0.0500. The average molecular weight is 822 g/mol. The minimum atomic E-state index is -1.54. The molecule has 13 heteroatoms. The molecule has 4 aliphatic rings. The molecular weight excluding hydrogens is 768 g/mol. The van der Waals surface area contributed by atoms with Crippen LogP contribution >= 0.6 is 15.9 Å². The number of methoxy groups -OCH3 is 1. The third-order valence-corrected chi connectivity index (χ3v) is 12.4. The summed E-state index contributed by atoms with van der Waals surface area (Å²) < 4.78 is 19.2. The number of halogens is 1.